The molecule has 0 unspecified atom stereocenters. The van der Waals surface area contributed by atoms with Crippen LogP contribution in [0, 0.1) is 0 Å². The number of anilines is 1. The molecule has 0 aliphatic rings. The third-order valence-corrected chi connectivity index (χ3v) is 4.77. The number of hydrogen-bond acceptors (Lipinski definition) is 4. The Labute approximate surface area is 188 Å². The molecular formula is C26H28N2O4. The molecule has 3 aromatic rings. The van der Waals surface area contributed by atoms with Crippen molar-refractivity contribution in [3.63, 3.8) is 0 Å². The third kappa shape index (κ3) is 6.35. The lowest BCUT2D eigenvalue weighted by atomic mass is 10.0. The van der Waals surface area contributed by atoms with E-state index < -0.39 is 6.04 Å². The lowest BCUT2D eigenvalue weighted by Crippen LogP contribution is -2.31. The van der Waals surface area contributed by atoms with Gasteiger partial charge in [-0.05, 0) is 43.7 Å². The molecule has 0 saturated heterocycles. The molecule has 0 radical (unpaired) electrons. The van der Waals surface area contributed by atoms with Crippen LogP contribution in [0.3, 0.4) is 0 Å². The summed E-state index contributed by atoms with van der Waals surface area (Å²) in [6, 6.07) is 23.2. The second-order valence-electron chi connectivity index (χ2n) is 7.08. The number of amides is 2. The molecule has 0 bridgehead atoms. The maximum atomic E-state index is 13.0. The summed E-state index contributed by atoms with van der Waals surface area (Å²) in [6.07, 6.45) is 0.0625. The van der Waals surface area contributed by atoms with Gasteiger partial charge < -0.3 is 20.1 Å². The zero-order chi connectivity index (χ0) is 22.8. The molecule has 0 fully saturated rings. The number of nitrogens with one attached hydrogen (secondary N) is 2. The number of carbonyl (C=O) groups is 2. The average molecular weight is 433 g/mol. The molecule has 2 N–H and O–H groups in total. The van der Waals surface area contributed by atoms with Crippen molar-refractivity contribution in [3.8, 4) is 11.5 Å². The van der Waals surface area contributed by atoms with Crippen molar-refractivity contribution in [2.24, 2.45) is 0 Å². The highest BCUT2D eigenvalue weighted by Gasteiger charge is 2.20. The lowest BCUT2D eigenvalue weighted by molar-refractivity contribution is -0.116. The number of ether oxygens (including phenoxy) is 2. The molecule has 2 amide bonds. The Bertz CT molecular complexity index is 1020. The predicted molar refractivity (Wildman–Crippen MR) is 125 cm³/mol. The van der Waals surface area contributed by atoms with E-state index in [-0.39, 0.29) is 18.2 Å². The molecule has 0 heterocycles. The number of hydrogen-bond donors (Lipinski definition) is 2. The van der Waals surface area contributed by atoms with E-state index in [2.05, 4.69) is 10.6 Å². The Morgan fingerprint density at radius 3 is 2.16 bits per heavy atom. The van der Waals surface area contributed by atoms with Crippen molar-refractivity contribution in [1.29, 1.82) is 0 Å². The Morgan fingerprint density at radius 1 is 0.844 bits per heavy atom. The Morgan fingerprint density at radius 2 is 1.50 bits per heavy atom. The molecule has 0 aromatic heterocycles. The summed E-state index contributed by atoms with van der Waals surface area (Å²) in [5.41, 5.74) is 1.92. The van der Waals surface area contributed by atoms with Gasteiger partial charge in [-0.2, -0.15) is 0 Å². The summed E-state index contributed by atoms with van der Waals surface area (Å²) in [6.45, 7) is 4.76. The van der Waals surface area contributed by atoms with E-state index >= 15 is 0 Å². The van der Waals surface area contributed by atoms with Gasteiger partial charge in [0.25, 0.3) is 5.91 Å². The van der Waals surface area contributed by atoms with E-state index in [1.807, 2.05) is 50.2 Å². The molecule has 0 aliphatic heterocycles. The van der Waals surface area contributed by atoms with Crippen LogP contribution in [0.4, 0.5) is 5.69 Å². The van der Waals surface area contributed by atoms with Crippen molar-refractivity contribution in [1.82, 2.24) is 5.32 Å². The van der Waals surface area contributed by atoms with Crippen LogP contribution in [-0.4, -0.2) is 25.0 Å². The largest absolute Gasteiger partial charge is 0.494 e. The SMILES string of the molecule is CCOc1ccc(OCC)c(NC(=O)C[C@@H](NC(=O)c2ccccc2)c2ccccc2)c1. The zero-order valence-electron chi connectivity index (χ0n) is 18.3. The molecule has 3 aromatic carbocycles. The molecule has 1 atom stereocenters. The summed E-state index contributed by atoms with van der Waals surface area (Å²) >= 11 is 0. The van der Waals surface area contributed by atoms with E-state index in [1.165, 1.54) is 0 Å². The highest BCUT2D eigenvalue weighted by Crippen LogP contribution is 2.30. The topological polar surface area (TPSA) is 76.7 Å². The molecule has 6 nitrogen and oxygen atoms in total. The fraction of sp³-hybridized carbons (Fsp3) is 0.231. The van der Waals surface area contributed by atoms with Crippen LogP contribution in [0.15, 0.2) is 78.9 Å². The van der Waals surface area contributed by atoms with Crippen LogP contribution < -0.4 is 20.1 Å². The van der Waals surface area contributed by atoms with E-state index in [9.17, 15) is 9.59 Å². The minimum atomic E-state index is -0.491. The summed E-state index contributed by atoms with van der Waals surface area (Å²) in [7, 11) is 0. The van der Waals surface area contributed by atoms with Crippen LogP contribution in [0.5, 0.6) is 11.5 Å². The van der Waals surface area contributed by atoms with Gasteiger partial charge in [0.2, 0.25) is 5.91 Å². The van der Waals surface area contributed by atoms with Gasteiger partial charge in [-0.15, -0.1) is 0 Å². The number of rotatable bonds is 10. The standard InChI is InChI=1S/C26H28N2O4/c1-3-31-21-15-16-24(32-4-2)23(17-21)27-25(29)18-22(19-11-7-5-8-12-19)28-26(30)20-13-9-6-10-14-20/h5-17,22H,3-4,18H2,1-2H3,(H,27,29)(H,28,30)/t22-/m1/s1. The molecular weight excluding hydrogens is 404 g/mol. The van der Waals surface area contributed by atoms with Crippen molar-refractivity contribution < 1.29 is 19.1 Å². The van der Waals surface area contributed by atoms with Gasteiger partial charge in [0.1, 0.15) is 11.5 Å². The van der Waals surface area contributed by atoms with Crippen molar-refractivity contribution >= 4 is 17.5 Å². The van der Waals surface area contributed by atoms with Gasteiger partial charge >= 0.3 is 0 Å². The second-order valence-corrected chi connectivity index (χ2v) is 7.08. The first kappa shape index (κ1) is 22.9. The number of carbonyl (C=O) groups excluding carboxylic acids is 2. The van der Waals surface area contributed by atoms with Crippen LogP contribution >= 0.6 is 0 Å². The molecule has 0 aliphatic carbocycles. The van der Waals surface area contributed by atoms with Crippen LogP contribution in [0.1, 0.15) is 42.2 Å². The normalized spacial score (nSPS) is 11.3. The molecule has 0 spiro atoms. The lowest BCUT2D eigenvalue weighted by Gasteiger charge is -2.20. The maximum Gasteiger partial charge on any atom is 0.251 e. The molecule has 3 rings (SSSR count). The smallest absolute Gasteiger partial charge is 0.251 e. The summed E-state index contributed by atoms with van der Waals surface area (Å²) in [5.74, 6) is 0.722. The summed E-state index contributed by atoms with van der Waals surface area (Å²) in [5, 5.41) is 5.89. The Hall–Kier alpha value is -3.80. The van der Waals surface area contributed by atoms with Crippen molar-refractivity contribution in [2.45, 2.75) is 26.3 Å². The number of benzene rings is 3. The Kier molecular flexibility index (Phi) is 8.26. The van der Waals surface area contributed by atoms with Crippen LogP contribution in [0.2, 0.25) is 0 Å². The quantitative estimate of drug-likeness (QED) is 0.474. The van der Waals surface area contributed by atoms with Gasteiger partial charge in [-0.1, -0.05) is 48.5 Å². The van der Waals surface area contributed by atoms with Crippen LogP contribution in [0.25, 0.3) is 0 Å². The van der Waals surface area contributed by atoms with E-state index in [0.717, 1.165) is 5.56 Å². The first-order valence-electron chi connectivity index (χ1n) is 10.7. The maximum absolute atomic E-state index is 13.0. The predicted octanol–water partition coefficient (Wildman–Crippen LogP) is 4.98. The third-order valence-electron chi connectivity index (χ3n) is 4.77. The molecule has 6 heteroatoms. The molecule has 166 valence electrons. The highest BCUT2D eigenvalue weighted by atomic mass is 16.5. The van der Waals surface area contributed by atoms with Gasteiger partial charge in [-0.25, -0.2) is 0 Å². The molecule has 32 heavy (non-hydrogen) atoms. The fourth-order valence-electron chi connectivity index (χ4n) is 3.30. The van der Waals surface area contributed by atoms with Gasteiger partial charge in [0, 0.05) is 11.6 Å². The van der Waals surface area contributed by atoms with Gasteiger partial charge in [0.05, 0.1) is 31.4 Å². The van der Waals surface area contributed by atoms with E-state index in [4.69, 9.17) is 9.47 Å². The monoisotopic (exact) mass is 432 g/mol. The van der Waals surface area contributed by atoms with Gasteiger partial charge in [-0.3, -0.25) is 9.59 Å². The molecule has 0 saturated carbocycles. The first-order chi connectivity index (χ1) is 15.6. The minimum Gasteiger partial charge on any atom is -0.494 e. The van der Waals surface area contributed by atoms with Crippen molar-refractivity contribution in [2.75, 3.05) is 18.5 Å². The van der Waals surface area contributed by atoms with Crippen LogP contribution in [-0.2, 0) is 4.79 Å². The summed E-state index contributed by atoms with van der Waals surface area (Å²) < 4.78 is 11.2. The highest BCUT2D eigenvalue weighted by molar-refractivity contribution is 5.96. The summed E-state index contributed by atoms with van der Waals surface area (Å²) in [4.78, 5) is 25.7. The Balaban J connectivity index is 1.78. The fourth-order valence-corrected chi connectivity index (χ4v) is 3.30. The average Bonchev–Trinajstić information content (AvgIpc) is 2.81. The van der Waals surface area contributed by atoms with E-state index in [0.29, 0.717) is 36.0 Å². The van der Waals surface area contributed by atoms with Gasteiger partial charge in [0.15, 0.2) is 0 Å². The first-order valence-corrected chi connectivity index (χ1v) is 10.7. The minimum absolute atomic E-state index is 0.0625. The zero-order valence-corrected chi connectivity index (χ0v) is 18.3. The second kappa shape index (κ2) is 11.6. The van der Waals surface area contributed by atoms with Crippen molar-refractivity contribution in [3.05, 3.63) is 90.0 Å². The van der Waals surface area contributed by atoms with E-state index in [1.54, 1.807) is 42.5 Å².